The third-order valence-corrected chi connectivity index (χ3v) is 7.52. The van der Waals surface area contributed by atoms with Gasteiger partial charge in [0.2, 0.25) is 11.8 Å². The van der Waals surface area contributed by atoms with Crippen molar-refractivity contribution in [3.63, 3.8) is 0 Å². The van der Waals surface area contributed by atoms with Gasteiger partial charge >= 0.3 is 0 Å². The van der Waals surface area contributed by atoms with Gasteiger partial charge in [0.15, 0.2) is 6.29 Å². The quantitative estimate of drug-likeness (QED) is 0.259. The van der Waals surface area contributed by atoms with Crippen LogP contribution in [0, 0.1) is 0 Å². The minimum absolute atomic E-state index is 0.0310. The third-order valence-electron chi connectivity index (χ3n) is 7.52. The molecule has 2 aromatic carbocycles. The number of rotatable bonds is 13. The Labute approximate surface area is 224 Å². The Morgan fingerprint density at radius 2 is 1.66 bits per heavy atom. The van der Waals surface area contributed by atoms with Crippen LogP contribution in [0.25, 0.3) is 10.9 Å². The minimum atomic E-state index is -0.801. The number of amides is 2. The molecule has 0 unspecified atom stereocenters. The van der Waals surface area contributed by atoms with Gasteiger partial charge in [-0.3, -0.25) is 14.9 Å². The zero-order chi connectivity index (χ0) is 26.8. The van der Waals surface area contributed by atoms with Crippen LogP contribution in [-0.4, -0.2) is 62.0 Å². The SMILES string of the molecule is COC(CNC(=O)[C@H](Cc1c[nH]c2ccccc12)NC1(C(=O)NCCc2ccccc2)CCCCC1)OC. The van der Waals surface area contributed by atoms with E-state index in [1.165, 1.54) is 5.56 Å². The van der Waals surface area contributed by atoms with Gasteiger partial charge in [0.1, 0.15) is 0 Å². The van der Waals surface area contributed by atoms with Crippen LogP contribution in [0.3, 0.4) is 0 Å². The largest absolute Gasteiger partial charge is 0.361 e. The van der Waals surface area contributed by atoms with E-state index in [9.17, 15) is 9.59 Å². The van der Waals surface area contributed by atoms with Gasteiger partial charge in [-0.05, 0) is 42.9 Å². The predicted molar refractivity (Wildman–Crippen MR) is 149 cm³/mol. The van der Waals surface area contributed by atoms with Gasteiger partial charge in [0.25, 0.3) is 0 Å². The van der Waals surface area contributed by atoms with Gasteiger partial charge in [0.05, 0.1) is 18.1 Å². The molecular formula is C30H40N4O4. The lowest BCUT2D eigenvalue weighted by Crippen LogP contribution is -2.64. The van der Waals surface area contributed by atoms with Crippen molar-refractivity contribution in [1.82, 2.24) is 20.9 Å². The molecule has 4 N–H and O–H groups in total. The van der Waals surface area contributed by atoms with Crippen molar-refractivity contribution < 1.29 is 19.1 Å². The van der Waals surface area contributed by atoms with Crippen LogP contribution >= 0.6 is 0 Å². The van der Waals surface area contributed by atoms with E-state index in [1.54, 1.807) is 14.2 Å². The van der Waals surface area contributed by atoms with E-state index in [1.807, 2.05) is 42.6 Å². The van der Waals surface area contributed by atoms with Gasteiger partial charge in [-0.2, -0.15) is 0 Å². The molecule has 204 valence electrons. The molecule has 8 heteroatoms. The van der Waals surface area contributed by atoms with Crippen molar-refractivity contribution >= 4 is 22.7 Å². The highest BCUT2D eigenvalue weighted by molar-refractivity contribution is 5.89. The smallest absolute Gasteiger partial charge is 0.240 e. The van der Waals surface area contributed by atoms with Crippen molar-refractivity contribution in [2.75, 3.05) is 27.3 Å². The number of hydrogen-bond donors (Lipinski definition) is 4. The molecule has 1 aliphatic rings. The number of methoxy groups -OCH3 is 2. The zero-order valence-corrected chi connectivity index (χ0v) is 22.4. The molecule has 1 saturated carbocycles. The van der Waals surface area contributed by atoms with Gasteiger partial charge < -0.3 is 25.1 Å². The number of H-pyrrole nitrogens is 1. The second kappa shape index (κ2) is 13.6. The molecule has 1 heterocycles. The number of aromatic nitrogens is 1. The first-order valence-corrected chi connectivity index (χ1v) is 13.5. The Morgan fingerprint density at radius 1 is 0.947 bits per heavy atom. The molecule has 4 rings (SSSR count). The number of fused-ring (bicyclic) bond motifs is 1. The van der Waals surface area contributed by atoms with Gasteiger partial charge in [-0.15, -0.1) is 0 Å². The molecule has 0 radical (unpaired) electrons. The lowest BCUT2D eigenvalue weighted by atomic mass is 9.79. The Kier molecular flexibility index (Phi) is 9.92. The van der Waals surface area contributed by atoms with E-state index in [0.717, 1.165) is 42.1 Å². The molecule has 0 saturated heterocycles. The lowest BCUT2D eigenvalue weighted by molar-refractivity contribution is -0.133. The van der Waals surface area contributed by atoms with Crippen molar-refractivity contribution in [1.29, 1.82) is 0 Å². The highest BCUT2D eigenvalue weighted by atomic mass is 16.7. The molecule has 1 fully saturated rings. The summed E-state index contributed by atoms with van der Waals surface area (Å²) in [5.74, 6) is -0.215. The number of carbonyl (C=O) groups excluding carboxylic acids is 2. The Hall–Kier alpha value is -3.20. The number of carbonyl (C=O) groups is 2. The topological polar surface area (TPSA) is 104 Å². The fraction of sp³-hybridized carbons (Fsp3) is 0.467. The van der Waals surface area contributed by atoms with Crippen molar-refractivity contribution in [3.8, 4) is 0 Å². The zero-order valence-electron chi connectivity index (χ0n) is 22.4. The molecule has 2 amide bonds. The molecule has 1 aliphatic carbocycles. The van der Waals surface area contributed by atoms with Crippen LogP contribution in [0.2, 0.25) is 0 Å². The summed E-state index contributed by atoms with van der Waals surface area (Å²) in [4.78, 5) is 30.5. The van der Waals surface area contributed by atoms with E-state index in [-0.39, 0.29) is 18.4 Å². The summed E-state index contributed by atoms with van der Waals surface area (Å²) in [6.45, 7) is 0.767. The summed E-state index contributed by atoms with van der Waals surface area (Å²) < 4.78 is 10.5. The van der Waals surface area contributed by atoms with Crippen LogP contribution in [-0.2, 0) is 31.9 Å². The monoisotopic (exact) mass is 520 g/mol. The second-order valence-corrected chi connectivity index (χ2v) is 10.0. The summed E-state index contributed by atoms with van der Waals surface area (Å²) in [7, 11) is 3.08. The predicted octanol–water partition coefficient (Wildman–Crippen LogP) is 3.47. The van der Waals surface area contributed by atoms with Gasteiger partial charge in [-0.25, -0.2) is 0 Å². The van der Waals surface area contributed by atoms with Crippen LogP contribution in [0.5, 0.6) is 0 Å². The highest BCUT2D eigenvalue weighted by Crippen LogP contribution is 2.30. The number of nitrogens with one attached hydrogen (secondary N) is 4. The number of hydrogen-bond acceptors (Lipinski definition) is 5. The molecule has 38 heavy (non-hydrogen) atoms. The van der Waals surface area contributed by atoms with Crippen LogP contribution in [0.4, 0.5) is 0 Å². The summed E-state index contributed by atoms with van der Waals surface area (Å²) in [6.07, 6.45) is 6.97. The van der Waals surface area contributed by atoms with E-state index in [4.69, 9.17) is 9.47 Å². The normalized spacial score (nSPS) is 15.9. The fourth-order valence-corrected chi connectivity index (χ4v) is 5.36. The van der Waals surface area contributed by atoms with E-state index >= 15 is 0 Å². The summed E-state index contributed by atoms with van der Waals surface area (Å²) in [5.41, 5.74) is 2.43. The minimum Gasteiger partial charge on any atom is -0.361 e. The average Bonchev–Trinajstić information content (AvgIpc) is 3.37. The average molecular weight is 521 g/mol. The standard InChI is InChI=1S/C30H40N4O4/c1-37-27(38-2)21-33-28(35)26(19-23-20-32-25-14-8-7-13-24(23)25)34-30(16-9-4-10-17-30)29(36)31-18-15-22-11-5-3-6-12-22/h3,5-8,11-14,20,26-27,32,34H,4,9-10,15-19,21H2,1-2H3,(H,31,36)(H,33,35)/t26-/m0/s1. The van der Waals surface area contributed by atoms with Gasteiger partial charge in [-0.1, -0.05) is 67.8 Å². The first-order chi connectivity index (χ1) is 18.5. The highest BCUT2D eigenvalue weighted by Gasteiger charge is 2.42. The Morgan fingerprint density at radius 3 is 2.39 bits per heavy atom. The maximum Gasteiger partial charge on any atom is 0.240 e. The van der Waals surface area contributed by atoms with Gasteiger partial charge in [0, 0.05) is 37.9 Å². The molecule has 3 aromatic rings. The molecule has 1 atom stereocenters. The molecule has 0 aliphatic heterocycles. The fourth-order valence-electron chi connectivity index (χ4n) is 5.36. The van der Waals surface area contributed by atoms with E-state index < -0.39 is 17.9 Å². The van der Waals surface area contributed by atoms with Crippen molar-refractivity contribution in [2.45, 2.75) is 62.8 Å². The first kappa shape index (κ1) is 27.8. The van der Waals surface area contributed by atoms with Crippen LogP contribution < -0.4 is 16.0 Å². The van der Waals surface area contributed by atoms with Crippen LogP contribution in [0.15, 0.2) is 60.8 Å². The number of para-hydroxylation sites is 1. The van der Waals surface area contributed by atoms with E-state index in [2.05, 4.69) is 39.1 Å². The van der Waals surface area contributed by atoms with Crippen molar-refractivity contribution in [3.05, 3.63) is 71.9 Å². The second-order valence-electron chi connectivity index (χ2n) is 10.0. The molecule has 0 bridgehead atoms. The summed E-state index contributed by atoms with van der Waals surface area (Å²) in [5, 5.41) is 10.8. The number of aromatic amines is 1. The van der Waals surface area contributed by atoms with Crippen molar-refractivity contribution in [2.24, 2.45) is 0 Å². The van der Waals surface area contributed by atoms with Crippen LogP contribution in [0.1, 0.15) is 43.2 Å². The lowest BCUT2D eigenvalue weighted by Gasteiger charge is -2.39. The summed E-state index contributed by atoms with van der Waals surface area (Å²) in [6, 6.07) is 17.6. The maximum absolute atomic E-state index is 13.7. The maximum atomic E-state index is 13.7. The third kappa shape index (κ3) is 7.01. The summed E-state index contributed by atoms with van der Waals surface area (Å²) >= 11 is 0. The molecular weight excluding hydrogens is 480 g/mol. The molecule has 0 spiro atoms. The first-order valence-electron chi connectivity index (χ1n) is 13.5. The Bertz CT molecular complexity index is 1170. The molecule has 1 aromatic heterocycles. The number of benzene rings is 2. The molecule has 8 nitrogen and oxygen atoms in total. The number of ether oxygens (including phenoxy) is 2. The van der Waals surface area contributed by atoms with E-state index in [0.29, 0.717) is 25.8 Å². The Balaban J connectivity index is 1.53.